The largest absolute Gasteiger partial charge is 0.507 e. The van der Waals surface area contributed by atoms with Crippen LogP contribution in [0.5, 0.6) is 5.75 Å². The summed E-state index contributed by atoms with van der Waals surface area (Å²) in [7, 11) is 1.58. The minimum absolute atomic E-state index is 0.0298. The van der Waals surface area contributed by atoms with E-state index in [9.17, 15) is 14.7 Å². The van der Waals surface area contributed by atoms with E-state index in [1.165, 1.54) is 11.2 Å². The molecular formula is C25H23NO5. The summed E-state index contributed by atoms with van der Waals surface area (Å²) in [6.07, 6.45) is 1.49. The zero-order valence-corrected chi connectivity index (χ0v) is 17.6. The van der Waals surface area contributed by atoms with Gasteiger partial charge in [-0.2, -0.15) is 0 Å². The van der Waals surface area contributed by atoms with E-state index >= 15 is 0 Å². The van der Waals surface area contributed by atoms with Crippen LogP contribution in [0, 0.1) is 13.8 Å². The zero-order chi connectivity index (χ0) is 22.1. The summed E-state index contributed by atoms with van der Waals surface area (Å²) in [5.41, 5.74) is 3.13. The van der Waals surface area contributed by atoms with Gasteiger partial charge >= 0.3 is 0 Å². The predicted molar refractivity (Wildman–Crippen MR) is 115 cm³/mol. The highest BCUT2D eigenvalue weighted by Crippen LogP contribution is 2.41. The van der Waals surface area contributed by atoms with Gasteiger partial charge in [0.25, 0.3) is 11.7 Å². The highest BCUT2D eigenvalue weighted by Gasteiger charge is 2.47. The highest BCUT2D eigenvalue weighted by molar-refractivity contribution is 6.46. The fraction of sp³-hybridized carbons (Fsp3) is 0.200. The second-order valence-corrected chi connectivity index (χ2v) is 7.61. The first-order chi connectivity index (χ1) is 14.9. The molecule has 2 aromatic carbocycles. The highest BCUT2D eigenvalue weighted by atomic mass is 16.5. The van der Waals surface area contributed by atoms with Gasteiger partial charge in [-0.3, -0.25) is 9.59 Å². The van der Waals surface area contributed by atoms with Crippen LogP contribution in [0.15, 0.2) is 70.9 Å². The van der Waals surface area contributed by atoms with Crippen molar-refractivity contribution in [3.8, 4) is 5.75 Å². The van der Waals surface area contributed by atoms with Crippen molar-refractivity contribution < 1.29 is 23.8 Å². The Kier molecular flexibility index (Phi) is 5.38. The van der Waals surface area contributed by atoms with E-state index in [0.29, 0.717) is 17.1 Å². The van der Waals surface area contributed by atoms with Crippen molar-refractivity contribution in [3.05, 3.63) is 94.4 Å². The number of nitrogens with zero attached hydrogens (tertiary/aromatic N) is 1. The Morgan fingerprint density at radius 3 is 2.48 bits per heavy atom. The second-order valence-electron chi connectivity index (χ2n) is 7.61. The van der Waals surface area contributed by atoms with Crippen molar-refractivity contribution in [2.75, 3.05) is 7.11 Å². The molecule has 1 aromatic heterocycles. The number of carbonyl (C=O) groups excluding carboxylic acids is 2. The summed E-state index contributed by atoms with van der Waals surface area (Å²) >= 11 is 0. The van der Waals surface area contributed by atoms with Gasteiger partial charge in [0, 0.05) is 12.1 Å². The maximum absolute atomic E-state index is 13.1. The molecule has 3 aromatic rings. The monoisotopic (exact) mass is 417 g/mol. The van der Waals surface area contributed by atoms with Gasteiger partial charge in [0.15, 0.2) is 0 Å². The van der Waals surface area contributed by atoms with Crippen LogP contribution >= 0.6 is 0 Å². The fourth-order valence-corrected chi connectivity index (χ4v) is 3.85. The average Bonchev–Trinajstić information content (AvgIpc) is 3.38. The minimum atomic E-state index is -0.822. The Morgan fingerprint density at radius 2 is 1.84 bits per heavy atom. The van der Waals surface area contributed by atoms with Gasteiger partial charge in [0.2, 0.25) is 0 Å². The molecule has 0 radical (unpaired) electrons. The van der Waals surface area contributed by atoms with E-state index < -0.39 is 17.7 Å². The average molecular weight is 417 g/mol. The third-order valence-electron chi connectivity index (χ3n) is 5.51. The third kappa shape index (κ3) is 3.72. The van der Waals surface area contributed by atoms with Crippen LogP contribution in [-0.4, -0.2) is 28.8 Å². The van der Waals surface area contributed by atoms with Crippen molar-refractivity contribution in [1.29, 1.82) is 0 Å². The van der Waals surface area contributed by atoms with Gasteiger partial charge in [0.05, 0.1) is 18.9 Å². The number of likely N-dealkylation sites (tertiary alicyclic amines) is 1. The summed E-state index contributed by atoms with van der Waals surface area (Å²) in [5, 5.41) is 11.2. The molecule has 0 bridgehead atoms. The molecule has 158 valence electrons. The number of Topliss-reactive ketones (excluding diaryl/α,β-unsaturated/α-hetero) is 1. The Labute approximate surface area is 180 Å². The Hall–Kier alpha value is -3.80. The van der Waals surface area contributed by atoms with Crippen molar-refractivity contribution >= 4 is 17.4 Å². The standard InChI is InChI=1S/C25H23NO5/c1-15-6-7-16(2)19(13-15)23(27)21-22(20-5-4-12-31-20)26(25(29)24(21)28)14-17-8-10-18(30-3)11-9-17/h4-13,22,27H,14H2,1-3H3/b23-21-. The van der Waals surface area contributed by atoms with Gasteiger partial charge in [0.1, 0.15) is 23.3 Å². The number of carbonyl (C=O) groups is 2. The van der Waals surface area contributed by atoms with E-state index in [0.717, 1.165) is 16.7 Å². The molecule has 2 heterocycles. The smallest absolute Gasteiger partial charge is 0.296 e. The molecule has 31 heavy (non-hydrogen) atoms. The summed E-state index contributed by atoms with van der Waals surface area (Å²) in [6.45, 7) is 3.94. The second kappa shape index (κ2) is 8.14. The van der Waals surface area contributed by atoms with Crippen molar-refractivity contribution in [2.24, 2.45) is 0 Å². The molecule has 1 unspecified atom stereocenters. The van der Waals surface area contributed by atoms with Crippen molar-refractivity contribution in [1.82, 2.24) is 4.90 Å². The van der Waals surface area contributed by atoms with E-state index in [1.807, 2.05) is 38.1 Å². The number of benzene rings is 2. The number of amides is 1. The molecular weight excluding hydrogens is 394 g/mol. The van der Waals surface area contributed by atoms with Gasteiger partial charge in [-0.25, -0.2) is 0 Å². The lowest BCUT2D eigenvalue weighted by Crippen LogP contribution is -2.29. The summed E-state index contributed by atoms with van der Waals surface area (Å²) in [5.74, 6) is -0.488. The zero-order valence-electron chi connectivity index (χ0n) is 17.6. The normalized spacial score (nSPS) is 17.9. The van der Waals surface area contributed by atoms with Gasteiger partial charge in [-0.15, -0.1) is 0 Å². The number of ketones is 1. The summed E-state index contributed by atoms with van der Waals surface area (Å²) in [6, 6.07) is 15.4. The number of furan rings is 1. The van der Waals surface area contributed by atoms with E-state index in [2.05, 4.69) is 0 Å². The number of rotatable bonds is 5. The first kappa shape index (κ1) is 20.5. The molecule has 0 aliphatic carbocycles. The van der Waals surface area contributed by atoms with E-state index in [-0.39, 0.29) is 17.9 Å². The lowest BCUT2D eigenvalue weighted by Gasteiger charge is -2.23. The fourth-order valence-electron chi connectivity index (χ4n) is 3.85. The molecule has 0 spiro atoms. The maximum atomic E-state index is 13.1. The van der Waals surface area contributed by atoms with Gasteiger partial charge in [-0.05, 0) is 55.3 Å². The molecule has 0 saturated carbocycles. The molecule has 4 rings (SSSR count). The first-order valence-electron chi connectivity index (χ1n) is 9.93. The molecule has 1 aliphatic rings. The summed E-state index contributed by atoms with van der Waals surface area (Å²) in [4.78, 5) is 27.5. The number of aliphatic hydroxyl groups is 1. The quantitative estimate of drug-likeness (QED) is 0.375. The lowest BCUT2D eigenvalue weighted by molar-refractivity contribution is -0.140. The van der Waals surface area contributed by atoms with Crippen molar-refractivity contribution in [3.63, 3.8) is 0 Å². The molecule has 6 heteroatoms. The SMILES string of the molecule is COc1ccc(CN2C(=O)C(=O)/C(=C(\O)c3cc(C)ccc3C)C2c2ccco2)cc1. The van der Waals surface area contributed by atoms with E-state index in [1.54, 1.807) is 37.4 Å². The minimum Gasteiger partial charge on any atom is -0.507 e. The maximum Gasteiger partial charge on any atom is 0.296 e. The topological polar surface area (TPSA) is 80.0 Å². The number of hydrogen-bond donors (Lipinski definition) is 1. The number of aryl methyl sites for hydroxylation is 2. The van der Waals surface area contributed by atoms with Crippen LogP contribution in [0.25, 0.3) is 5.76 Å². The van der Waals surface area contributed by atoms with Crippen LogP contribution in [0.2, 0.25) is 0 Å². The summed E-state index contributed by atoms with van der Waals surface area (Å²) < 4.78 is 10.8. The predicted octanol–water partition coefficient (Wildman–Crippen LogP) is 4.53. The molecule has 1 atom stereocenters. The number of hydrogen-bond acceptors (Lipinski definition) is 5. The number of ether oxygens (including phenoxy) is 1. The molecule has 1 amide bonds. The molecule has 1 fully saturated rings. The first-order valence-corrected chi connectivity index (χ1v) is 9.93. The van der Waals surface area contributed by atoms with Gasteiger partial charge < -0.3 is 19.2 Å². The number of aliphatic hydroxyl groups excluding tert-OH is 1. The van der Waals surface area contributed by atoms with Crippen LogP contribution in [-0.2, 0) is 16.1 Å². The Morgan fingerprint density at radius 1 is 1.10 bits per heavy atom. The third-order valence-corrected chi connectivity index (χ3v) is 5.51. The lowest BCUT2D eigenvalue weighted by atomic mass is 9.96. The van der Waals surface area contributed by atoms with Crippen LogP contribution < -0.4 is 4.74 Å². The number of methoxy groups -OCH3 is 1. The Bertz CT molecular complexity index is 1160. The molecule has 1 N–H and O–H groups in total. The molecule has 1 saturated heterocycles. The molecule has 6 nitrogen and oxygen atoms in total. The van der Waals surface area contributed by atoms with Crippen molar-refractivity contribution in [2.45, 2.75) is 26.4 Å². The molecule has 1 aliphatic heterocycles. The Balaban J connectivity index is 1.82. The van der Waals surface area contributed by atoms with Crippen LogP contribution in [0.1, 0.15) is 34.1 Å². The van der Waals surface area contributed by atoms with Gasteiger partial charge in [-0.1, -0.05) is 29.8 Å². The van der Waals surface area contributed by atoms with Crippen LogP contribution in [0.4, 0.5) is 0 Å². The van der Waals surface area contributed by atoms with Crippen LogP contribution in [0.3, 0.4) is 0 Å². The van der Waals surface area contributed by atoms with E-state index in [4.69, 9.17) is 9.15 Å².